The number of halogens is 1. The molecule has 0 saturated heterocycles. The topological polar surface area (TPSA) is 43.8 Å². The lowest BCUT2D eigenvalue weighted by atomic mass is 10.3. The minimum absolute atomic E-state index is 0.628. The number of rotatable bonds is 5. The smallest absolute Gasteiger partial charge is 0.111 e. The molecule has 0 amide bonds. The number of imidazole rings is 1. The molecular formula is C13H18ClN3. The molecule has 0 unspecified atom stereocenters. The highest BCUT2D eigenvalue weighted by atomic mass is 35.5. The second-order valence-corrected chi connectivity index (χ2v) is 4.64. The Kier molecular flexibility index (Phi) is 4.02. The van der Waals surface area contributed by atoms with Crippen molar-refractivity contribution in [3.8, 4) is 0 Å². The highest BCUT2D eigenvalue weighted by Gasteiger charge is 2.09. The molecule has 92 valence electrons. The van der Waals surface area contributed by atoms with E-state index in [1.165, 1.54) is 6.42 Å². The fourth-order valence-electron chi connectivity index (χ4n) is 2.04. The lowest BCUT2D eigenvalue weighted by Crippen LogP contribution is -2.10. The van der Waals surface area contributed by atoms with Crippen LogP contribution >= 0.6 is 11.6 Å². The molecule has 2 rings (SSSR count). The lowest BCUT2D eigenvalue weighted by Gasteiger charge is -2.07. The molecule has 0 aliphatic rings. The van der Waals surface area contributed by atoms with Crippen molar-refractivity contribution in [1.29, 1.82) is 0 Å². The van der Waals surface area contributed by atoms with Crippen molar-refractivity contribution in [2.24, 2.45) is 5.73 Å². The molecular weight excluding hydrogens is 234 g/mol. The molecule has 0 atom stereocenters. The first-order valence-corrected chi connectivity index (χ1v) is 6.48. The number of unbranched alkanes of at least 4 members (excludes halogenated alkanes) is 1. The third-order valence-electron chi connectivity index (χ3n) is 2.89. The van der Waals surface area contributed by atoms with Gasteiger partial charge in [0.25, 0.3) is 0 Å². The third-order valence-corrected chi connectivity index (χ3v) is 3.13. The molecule has 2 N–H and O–H groups in total. The summed E-state index contributed by atoms with van der Waals surface area (Å²) in [6.45, 7) is 3.83. The van der Waals surface area contributed by atoms with Gasteiger partial charge >= 0.3 is 0 Å². The Balaban J connectivity index is 2.46. The maximum atomic E-state index is 5.99. The van der Waals surface area contributed by atoms with Gasteiger partial charge in [0, 0.05) is 18.0 Å². The van der Waals surface area contributed by atoms with E-state index in [1.807, 2.05) is 18.2 Å². The van der Waals surface area contributed by atoms with Crippen molar-refractivity contribution in [1.82, 2.24) is 9.55 Å². The largest absolute Gasteiger partial charge is 0.330 e. The van der Waals surface area contributed by atoms with Crippen LogP contribution in [-0.4, -0.2) is 16.1 Å². The van der Waals surface area contributed by atoms with Gasteiger partial charge in [0.2, 0.25) is 0 Å². The van der Waals surface area contributed by atoms with Gasteiger partial charge in [0.15, 0.2) is 0 Å². The summed E-state index contributed by atoms with van der Waals surface area (Å²) in [6, 6.07) is 5.87. The van der Waals surface area contributed by atoms with Crippen LogP contribution in [0, 0.1) is 0 Å². The minimum Gasteiger partial charge on any atom is -0.330 e. The Labute approximate surface area is 107 Å². The van der Waals surface area contributed by atoms with Crippen molar-refractivity contribution in [2.45, 2.75) is 32.7 Å². The molecule has 17 heavy (non-hydrogen) atoms. The average Bonchev–Trinajstić information content (AvgIpc) is 2.63. The summed E-state index contributed by atoms with van der Waals surface area (Å²) in [7, 11) is 0. The second kappa shape index (κ2) is 5.52. The van der Waals surface area contributed by atoms with Crippen LogP contribution in [-0.2, 0) is 13.0 Å². The van der Waals surface area contributed by atoms with Crippen molar-refractivity contribution in [3.63, 3.8) is 0 Å². The first-order chi connectivity index (χ1) is 8.26. The van der Waals surface area contributed by atoms with Gasteiger partial charge in [-0.2, -0.15) is 0 Å². The normalized spacial score (nSPS) is 11.2. The number of benzene rings is 1. The summed E-state index contributed by atoms with van der Waals surface area (Å²) in [5.74, 6) is 1.07. The number of hydrogen-bond acceptors (Lipinski definition) is 2. The van der Waals surface area contributed by atoms with Gasteiger partial charge in [-0.3, -0.25) is 0 Å². The second-order valence-electron chi connectivity index (χ2n) is 4.20. The molecule has 1 aromatic carbocycles. The van der Waals surface area contributed by atoms with Gasteiger partial charge in [-0.25, -0.2) is 4.98 Å². The fourth-order valence-corrected chi connectivity index (χ4v) is 2.20. The van der Waals surface area contributed by atoms with Crippen molar-refractivity contribution in [2.75, 3.05) is 6.54 Å². The summed E-state index contributed by atoms with van der Waals surface area (Å²) in [6.07, 6.45) is 3.15. The van der Waals surface area contributed by atoms with E-state index in [9.17, 15) is 0 Å². The molecule has 1 heterocycles. The number of aromatic nitrogens is 2. The van der Waals surface area contributed by atoms with Crippen molar-refractivity contribution in [3.05, 3.63) is 29.0 Å². The number of aryl methyl sites for hydroxylation is 1. The number of nitrogens with zero attached hydrogens (tertiary/aromatic N) is 2. The lowest BCUT2D eigenvalue weighted by molar-refractivity contribution is 0.615. The van der Waals surface area contributed by atoms with Crippen molar-refractivity contribution >= 4 is 22.6 Å². The van der Waals surface area contributed by atoms with Gasteiger partial charge in [-0.15, -0.1) is 0 Å². The number of nitrogens with two attached hydrogens (primary N) is 1. The molecule has 0 aliphatic heterocycles. The predicted octanol–water partition coefficient (Wildman–Crippen LogP) is 2.99. The van der Waals surface area contributed by atoms with E-state index in [1.54, 1.807) is 0 Å². The van der Waals surface area contributed by atoms with Crippen LogP contribution in [0.25, 0.3) is 11.0 Å². The van der Waals surface area contributed by atoms with Crippen LogP contribution in [0.2, 0.25) is 5.02 Å². The summed E-state index contributed by atoms with van der Waals surface area (Å²) >= 11 is 5.99. The molecule has 0 radical (unpaired) electrons. The number of fused-ring (bicyclic) bond motifs is 1. The Morgan fingerprint density at radius 1 is 1.41 bits per heavy atom. The SMILES string of the molecule is CCCCn1c(CCN)nc2cc(Cl)ccc21. The van der Waals surface area contributed by atoms with Crippen LogP contribution in [0.1, 0.15) is 25.6 Å². The zero-order valence-corrected chi connectivity index (χ0v) is 10.9. The molecule has 0 bridgehead atoms. The van der Waals surface area contributed by atoms with E-state index in [0.717, 1.165) is 41.3 Å². The molecule has 1 aromatic heterocycles. The van der Waals surface area contributed by atoms with Crippen molar-refractivity contribution < 1.29 is 0 Å². The summed E-state index contributed by atoms with van der Waals surface area (Å²) < 4.78 is 2.27. The summed E-state index contributed by atoms with van der Waals surface area (Å²) in [4.78, 5) is 4.61. The van der Waals surface area contributed by atoms with Gasteiger partial charge in [0.05, 0.1) is 11.0 Å². The quantitative estimate of drug-likeness (QED) is 0.888. The molecule has 0 spiro atoms. The zero-order valence-electron chi connectivity index (χ0n) is 10.1. The first kappa shape index (κ1) is 12.4. The Morgan fingerprint density at radius 2 is 2.24 bits per heavy atom. The Bertz CT molecular complexity index is 505. The standard InChI is InChI=1S/C13H18ClN3/c1-2-3-8-17-12-5-4-10(14)9-11(12)16-13(17)6-7-15/h4-5,9H,2-3,6-8,15H2,1H3. The predicted molar refractivity (Wildman–Crippen MR) is 72.4 cm³/mol. The highest BCUT2D eigenvalue weighted by Crippen LogP contribution is 2.21. The van der Waals surface area contributed by atoms with Gasteiger partial charge < -0.3 is 10.3 Å². The molecule has 4 heteroatoms. The monoisotopic (exact) mass is 251 g/mol. The van der Waals surface area contributed by atoms with Crippen LogP contribution < -0.4 is 5.73 Å². The van der Waals surface area contributed by atoms with Gasteiger partial charge in [0.1, 0.15) is 5.82 Å². The molecule has 2 aromatic rings. The number of hydrogen-bond donors (Lipinski definition) is 1. The zero-order chi connectivity index (χ0) is 12.3. The fraction of sp³-hybridized carbons (Fsp3) is 0.462. The average molecular weight is 252 g/mol. The molecule has 3 nitrogen and oxygen atoms in total. The van der Waals surface area contributed by atoms with E-state index in [-0.39, 0.29) is 0 Å². The highest BCUT2D eigenvalue weighted by molar-refractivity contribution is 6.31. The maximum absolute atomic E-state index is 5.99. The van der Waals surface area contributed by atoms with Gasteiger partial charge in [-0.05, 0) is 31.2 Å². The minimum atomic E-state index is 0.628. The van der Waals surface area contributed by atoms with Crippen LogP contribution in [0.4, 0.5) is 0 Å². The molecule has 0 fully saturated rings. The molecule has 0 saturated carbocycles. The Morgan fingerprint density at radius 3 is 2.94 bits per heavy atom. The summed E-state index contributed by atoms with van der Waals surface area (Å²) in [5.41, 5.74) is 7.76. The van der Waals surface area contributed by atoms with Crippen LogP contribution in [0.15, 0.2) is 18.2 Å². The van der Waals surface area contributed by atoms with Crippen LogP contribution in [0.3, 0.4) is 0 Å². The first-order valence-electron chi connectivity index (χ1n) is 6.11. The van der Waals surface area contributed by atoms with E-state index < -0.39 is 0 Å². The van der Waals surface area contributed by atoms with Crippen LogP contribution in [0.5, 0.6) is 0 Å². The van der Waals surface area contributed by atoms with E-state index in [0.29, 0.717) is 6.54 Å². The third kappa shape index (κ3) is 2.61. The maximum Gasteiger partial charge on any atom is 0.111 e. The van der Waals surface area contributed by atoms with Gasteiger partial charge in [-0.1, -0.05) is 24.9 Å². The van der Waals surface area contributed by atoms with E-state index >= 15 is 0 Å². The van der Waals surface area contributed by atoms with E-state index in [4.69, 9.17) is 17.3 Å². The van der Waals surface area contributed by atoms with E-state index in [2.05, 4.69) is 16.5 Å². The summed E-state index contributed by atoms with van der Waals surface area (Å²) in [5, 5.41) is 0.733. The molecule has 0 aliphatic carbocycles. The Hall–Kier alpha value is -1.06.